The Balaban J connectivity index is 2.09. The number of rotatable bonds is 10. The minimum absolute atomic E-state index is 0.0234. The highest BCUT2D eigenvalue weighted by molar-refractivity contribution is 7.92. The molecule has 0 aromatic heterocycles. The van der Waals surface area contributed by atoms with Gasteiger partial charge in [0.1, 0.15) is 12.6 Å². The second-order valence-electron chi connectivity index (χ2n) is 10.2. The number of anilines is 1. The second-order valence-corrected chi connectivity index (χ2v) is 12.9. The Morgan fingerprint density at radius 1 is 0.951 bits per heavy atom. The third-order valence-corrected chi connectivity index (χ3v) is 8.51. The van der Waals surface area contributed by atoms with Gasteiger partial charge in [-0.3, -0.25) is 24.0 Å². The van der Waals surface area contributed by atoms with E-state index in [0.717, 1.165) is 16.4 Å². The zero-order chi connectivity index (χ0) is 30.5. The third kappa shape index (κ3) is 7.96. The van der Waals surface area contributed by atoms with Crippen LogP contribution < -0.4 is 9.62 Å². The van der Waals surface area contributed by atoms with Gasteiger partial charge in [-0.15, -0.1) is 0 Å². The second kappa shape index (κ2) is 12.9. The van der Waals surface area contributed by atoms with E-state index in [4.69, 9.17) is 23.2 Å². The maximum atomic E-state index is 14.0. The van der Waals surface area contributed by atoms with Crippen molar-refractivity contribution in [3.63, 3.8) is 0 Å². The Hall–Kier alpha value is -3.67. The fraction of sp³-hybridized carbons (Fsp3) is 0.286. The van der Waals surface area contributed by atoms with Crippen LogP contribution in [0.25, 0.3) is 0 Å². The van der Waals surface area contributed by atoms with Crippen molar-refractivity contribution in [1.82, 2.24) is 10.2 Å². The lowest BCUT2D eigenvalue weighted by molar-refractivity contribution is -0.384. The molecule has 0 aliphatic heterocycles. The molecule has 0 spiro atoms. The van der Waals surface area contributed by atoms with Crippen molar-refractivity contribution in [3.05, 3.63) is 98.5 Å². The molecule has 10 nitrogen and oxygen atoms in total. The molecule has 0 saturated heterocycles. The number of sulfonamides is 1. The van der Waals surface area contributed by atoms with E-state index in [1.807, 2.05) is 0 Å². The first-order chi connectivity index (χ1) is 19.1. The SMILES string of the molecule is C[C@H](C(=O)NC(C)(C)C)N(Cc1c(Cl)cccc1Cl)C(=O)CN(c1ccc([N+](=O)[O-])cc1)S(=O)(=O)c1ccccc1. The Morgan fingerprint density at radius 3 is 2.02 bits per heavy atom. The Morgan fingerprint density at radius 2 is 1.51 bits per heavy atom. The van der Waals surface area contributed by atoms with Crippen LogP contribution >= 0.6 is 23.2 Å². The molecule has 1 N–H and O–H groups in total. The molecule has 13 heteroatoms. The summed E-state index contributed by atoms with van der Waals surface area (Å²) in [6.07, 6.45) is 0. The van der Waals surface area contributed by atoms with Gasteiger partial charge in [-0.25, -0.2) is 8.42 Å². The van der Waals surface area contributed by atoms with Gasteiger partial charge < -0.3 is 10.2 Å². The molecular formula is C28H30Cl2N4O6S. The Bertz CT molecular complexity index is 1510. The van der Waals surface area contributed by atoms with Crippen LogP contribution in [0.2, 0.25) is 10.0 Å². The lowest BCUT2D eigenvalue weighted by Crippen LogP contribution is -2.54. The van der Waals surface area contributed by atoms with Crippen LogP contribution in [0, 0.1) is 10.1 Å². The van der Waals surface area contributed by atoms with Gasteiger partial charge in [0.05, 0.1) is 15.5 Å². The zero-order valence-electron chi connectivity index (χ0n) is 22.9. The van der Waals surface area contributed by atoms with Gasteiger partial charge in [0.15, 0.2) is 0 Å². The first-order valence-electron chi connectivity index (χ1n) is 12.5. The van der Waals surface area contributed by atoms with E-state index in [-0.39, 0.29) is 32.9 Å². The van der Waals surface area contributed by atoms with Gasteiger partial charge in [-0.2, -0.15) is 0 Å². The summed E-state index contributed by atoms with van der Waals surface area (Å²) >= 11 is 12.8. The molecule has 3 aromatic carbocycles. The summed E-state index contributed by atoms with van der Waals surface area (Å²) in [6, 6.07) is 16.0. The van der Waals surface area contributed by atoms with Gasteiger partial charge in [0.2, 0.25) is 11.8 Å². The molecule has 0 radical (unpaired) electrons. The number of non-ortho nitro benzene ring substituents is 1. The number of nitro groups is 1. The standard InChI is InChI=1S/C28H30Cl2N4O6S/c1-19(27(36)31-28(2,3)4)32(17-23-24(29)11-8-12-25(23)30)26(35)18-33(20-13-15-21(16-14-20)34(37)38)41(39,40)22-9-6-5-7-10-22/h5-16,19H,17-18H2,1-4H3,(H,31,36)/t19-/m1/s1. The van der Waals surface area contributed by atoms with Crippen molar-refractivity contribution < 1.29 is 22.9 Å². The van der Waals surface area contributed by atoms with Gasteiger partial charge in [0.25, 0.3) is 15.7 Å². The molecule has 3 rings (SSSR count). The minimum atomic E-state index is -4.32. The average Bonchev–Trinajstić information content (AvgIpc) is 2.90. The first kappa shape index (κ1) is 31.9. The number of benzene rings is 3. The summed E-state index contributed by atoms with van der Waals surface area (Å²) in [6.45, 7) is 5.98. The lowest BCUT2D eigenvalue weighted by Gasteiger charge is -2.33. The van der Waals surface area contributed by atoms with E-state index >= 15 is 0 Å². The number of amides is 2. The summed E-state index contributed by atoms with van der Waals surface area (Å²) in [5.74, 6) is -1.20. The van der Waals surface area contributed by atoms with Crippen LogP contribution in [0.1, 0.15) is 33.3 Å². The van der Waals surface area contributed by atoms with E-state index in [1.165, 1.54) is 48.2 Å². The maximum absolute atomic E-state index is 14.0. The van der Waals surface area contributed by atoms with Crippen molar-refractivity contribution in [1.29, 1.82) is 0 Å². The van der Waals surface area contributed by atoms with Crippen molar-refractivity contribution in [2.75, 3.05) is 10.8 Å². The van der Waals surface area contributed by atoms with E-state index in [9.17, 15) is 28.1 Å². The highest BCUT2D eigenvalue weighted by atomic mass is 35.5. The summed E-state index contributed by atoms with van der Waals surface area (Å²) in [5.41, 5.74) is -0.453. The monoisotopic (exact) mass is 620 g/mol. The van der Waals surface area contributed by atoms with Crippen molar-refractivity contribution in [2.45, 2.75) is 50.7 Å². The van der Waals surface area contributed by atoms with Crippen LogP contribution in [0.4, 0.5) is 11.4 Å². The summed E-state index contributed by atoms with van der Waals surface area (Å²) in [4.78, 5) is 38.8. The summed E-state index contributed by atoms with van der Waals surface area (Å²) in [7, 11) is -4.32. The quantitative estimate of drug-likeness (QED) is 0.238. The molecule has 0 heterocycles. The van der Waals surface area contributed by atoms with E-state index in [1.54, 1.807) is 45.0 Å². The van der Waals surface area contributed by atoms with E-state index < -0.39 is 44.9 Å². The van der Waals surface area contributed by atoms with Gasteiger partial charge >= 0.3 is 0 Å². The molecule has 0 bridgehead atoms. The average molecular weight is 622 g/mol. The largest absolute Gasteiger partial charge is 0.350 e. The lowest BCUT2D eigenvalue weighted by atomic mass is 10.1. The molecule has 1 atom stereocenters. The molecule has 0 saturated carbocycles. The van der Waals surface area contributed by atoms with E-state index in [0.29, 0.717) is 5.56 Å². The molecule has 0 aliphatic carbocycles. The molecule has 218 valence electrons. The van der Waals surface area contributed by atoms with Crippen LogP contribution in [0.5, 0.6) is 0 Å². The molecule has 2 amide bonds. The molecule has 0 unspecified atom stereocenters. The number of nitro benzene ring substituents is 1. The minimum Gasteiger partial charge on any atom is -0.350 e. The van der Waals surface area contributed by atoms with Crippen LogP contribution in [-0.2, 0) is 26.2 Å². The Labute approximate surface area is 249 Å². The van der Waals surface area contributed by atoms with Crippen LogP contribution in [0.3, 0.4) is 0 Å². The smallest absolute Gasteiger partial charge is 0.269 e. The van der Waals surface area contributed by atoms with Crippen LogP contribution in [-0.4, -0.2) is 48.2 Å². The topological polar surface area (TPSA) is 130 Å². The summed E-state index contributed by atoms with van der Waals surface area (Å²) < 4.78 is 28.4. The van der Waals surface area contributed by atoms with Gasteiger partial charge in [-0.05, 0) is 64.1 Å². The predicted molar refractivity (Wildman–Crippen MR) is 158 cm³/mol. The summed E-state index contributed by atoms with van der Waals surface area (Å²) in [5, 5.41) is 14.6. The molecule has 0 fully saturated rings. The van der Waals surface area contributed by atoms with Crippen molar-refractivity contribution in [3.8, 4) is 0 Å². The molecule has 0 aliphatic rings. The normalized spacial score (nSPS) is 12.3. The number of halogens is 2. The molecular weight excluding hydrogens is 591 g/mol. The first-order valence-corrected chi connectivity index (χ1v) is 14.7. The third-order valence-electron chi connectivity index (χ3n) is 6.01. The predicted octanol–water partition coefficient (Wildman–Crippen LogP) is 5.43. The molecule has 41 heavy (non-hydrogen) atoms. The number of hydrogen-bond donors (Lipinski definition) is 1. The number of carbonyl (C=O) groups excluding carboxylic acids is 2. The van der Waals surface area contributed by atoms with Crippen molar-refractivity contribution in [2.24, 2.45) is 0 Å². The maximum Gasteiger partial charge on any atom is 0.269 e. The van der Waals surface area contributed by atoms with Gasteiger partial charge in [-0.1, -0.05) is 47.5 Å². The zero-order valence-corrected chi connectivity index (χ0v) is 25.2. The number of carbonyl (C=O) groups is 2. The molecule has 3 aromatic rings. The number of nitrogens with zero attached hydrogens (tertiary/aromatic N) is 3. The Kier molecular flexibility index (Phi) is 10.0. The number of nitrogens with one attached hydrogen (secondary N) is 1. The van der Waals surface area contributed by atoms with Crippen LogP contribution in [0.15, 0.2) is 77.7 Å². The fourth-order valence-corrected chi connectivity index (χ4v) is 5.85. The van der Waals surface area contributed by atoms with E-state index in [2.05, 4.69) is 5.32 Å². The fourth-order valence-electron chi connectivity index (χ4n) is 3.90. The van der Waals surface area contributed by atoms with Gasteiger partial charge in [0, 0.05) is 39.8 Å². The van der Waals surface area contributed by atoms with Crippen molar-refractivity contribution >= 4 is 56.4 Å². The highest BCUT2D eigenvalue weighted by Gasteiger charge is 2.34. The number of hydrogen-bond acceptors (Lipinski definition) is 6. The highest BCUT2D eigenvalue weighted by Crippen LogP contribution is 2.29.